The van der Waals surface area contributed by atoms with Gasteiger partial charge in [0.05, 0.1) is 12.6 Å². The Bertz CT molecular complexity index is 1170. The van der Waals surface area contributed by atoms with Crippen molar-refractivity contribution in [3.8, 4) is 5.88 Å². The molecule has 162 valence electrons. The third-order valence-corrected chi connectivity index (χ3v) is 7.09. The van der Waals surface area contributed by atoms with Crippen molar-refractivity contribution in [2.45, 2.75) is 37.4 Å². The van der Waals surface area contributed by atoms with Gasteiger partial charge in [0.1, 0.15) is 0 Å². The highest BCUT2D eigenvalue weighted by atomic mass is 32.2. The van der Waals surface area contributed by atoms with Crippen LogP contribution >= 0.6 is 11.8 Å². The van der Waals surface area contributed by atoms with Crippen LogP contribution in [0, 0.1) is 12.8 Å². The van der Waals surface area contributed by atoms with Gasteiger partial charge in [-0.25, -0.2) is 14.5 Å². The molecule has 0 radical (unpaired) electrons. The van der Waals surface area contributed by atoms with Crippen LogP contribution in [-0.2, 0) is 4.79 Å². The molecule has 1 fully saturated rings. The van der Waals surface area contributed by atoms with Crippen LogP contribution in [0.2, 0.25) is 0 Å². The number of rotatable bonds is 5. The van der Waals surface area contributed by atoms with Crippen molar-refractivity contribution in [3.63, 3.8) is 0 Å². The van der Waals surface area contributed by atoms with Gasteiger partial charge in [-0.05, 0) is 31.7 Å². The monoisotopic (exact) mass is 440 g/mol. The van der Waals surface area contributed by atoms with Gasteiger partial charge < -0.3 is 9.64 Å². The second kappa shape index (κ2) is 8.33. The van der Waals surface area contributed by atoms with E-state index >= 15 is 0 Å². The van der Waals surface area contributed by atoms with Gasteiger partial charge >= 0.3 is 0 Å². The molecule has 0 aliphatic carbocycles. The average molecular weight is 441 g/mol. The van der Waals surface area contributed by atoms with Crippen molar-refractivity contribution in [1.29, 1.82) is 0 Å². The molecule has 2 aliphatic heterocycles. The first-order chi connectivity index (χ1) is 15.1. The summed E-state index contributed by atoms with van der Waals surface area (Å²) in [4.78, 5) is 35.8. The smallest absolute Gasteiger partial charge is 0.257 e. The summed E-state index contributed by atoms with van der Waals surface area (Å²) in [5.74, 6) is 1.80. The number of aromatic nitrogens is 5. The molecule has 0 spiro atoms. The largest absolute Gasteiger partial charge is 0.476 e. The molecule has 3 aromatic heterocycles. The maximum absolute atomic E-state index is 12.9. The highest BCUT2D eigenvalue weighted by Gasteiger charge is 2.30. The van der Waals surface area contributed by atoms with Gasteiger partial charge in [-0.3, -0.25) is 14.2 Å². The summed E-state index contributed by atoms with van der Waals surface area (Å²) in [7, 11) is 0. The maximum atomic E-state index is 12.9. The summed E-state index contributed by atoms with van der Waals surface area (Å²) in [5, 5.41) is 5.10. The summed E-state index contributed by atoms with van der Waals surface area (Å²) in [6.07, 6.45) is 7.25. The molecule has 0 saturated carbocycles. The predicted molar refractivity (Wildman–Crippen MR) is 115 cm³/mol. The number of likely N-dealkylation sites (tertiary alicyclic amines) is 1. The van der Waals surface area contributed by atoms with Crippen molar-refractivity contribution < 1.29 is 9.53 Å². The zero-order valence-electron chi connectivity index (χ0n) is 17.3. The summed E-state index contributed by atoms with van der Waals surface area (Å²) in [6, 6.07) is 3.60. The van der Waals surface area contributed by atoms with E-state index in [0.29, 0.717) is 48.6 Å². The van der Waals surface area contributed by atoms with Gasteiger partial charge in [0, 0.05) is 55.5 Å². The van der Waals surface area contributed by atoms with Gasteiger partial charge in [-0.2, -0.15) is 0 Å². The normalized spacial score (nSPS) is 19.0. The van der Waals surface area contributed by atoms with Crippen molar-refractivity contribution >= 4 is 23.3 Å². The molecule has 2 aliphatic rings. The number of carbonyl (C=O) groups is 1. The Balaban J connectivity index is 1.13. The molecule has 3 aromatic rings. The Morgan fingerprint density at radius 2 is 2.10 bits per heavy atom. The molecule has 1 atom stereocenters. The molecule has 5 heterocycles. The van der Waals surface area contributed by atoms with Crippen LogP contribution in [0.25, 0.3) is 5.65 Å². The van der Waals surface area contributed by atoms with Crippen LogP contribution in [0.5, 0.6) is 5.88 Å². The van der Waals surface area contributed by atoms with Crippen molar-refractivity contribution in [3.05, 3.63) is 46.6 Å². The zero-order chi connectivity index (χ0) is 21.4. The van der Waals surface area contributed by atoms with Gasteiger partial charge in [-0.1, -0.05) is 11.8 Å². The number of carbonyl (C=O) groups excluding carboxylic acids is 1. The number of hydrogen-bond donors (Lipinski definition) is 0. The lowest BCUT2D eigenvalue weighted by atomic mass is 9.97. The molecule has 1 unspecified atom stereocenters. The molecule has 0 bridgehead atoms. The SMILES string of the molecule is Cc1cnc2n(c1=O)C(CC(=O)N1CCC(COc3ccc4nccn4n3)CC1)CS2. The number of hydrogen-bond acceptors (Lipinski definition) is 7. The summed E-state index contributed by atoms with van der Waals surface area (Å²) >= 11 is 1.55. The molecule has 9 nitrogen and oxygen atoms in total. The molecule has 31 heavy (non-hydrogen) atoms. The van der Waals surface area contributed by atoms with E-state index < -0.39 is 0 Å². The Hall–Kier alpha value is -2.88. The lowest BCUT2D eigenvalue weighted by molar-refractivity contribution is -0.133. The van der Waals surface area contributed by atoms with E-state index in [1.54, 1.807) is 46.4 Å². The van der Waals surface area contributed by atoms with E-state index in [-0.39, 0.29) is 17.5 Å². The Morgan fingerprint density at radius 1 is 1.26 bits per heavy atom. The fraction of sp³-hybridized carbons (Fsp3) is 0.476. The number of amides is 1. The van der Waals surface area contributed by atoms with E-state index in [1.807, 2.05) is 17.0 Å². The molecular weight excluding hydrogens is 416 g/mol. The second-order valence-corrected chi connectivity index (χ2v) is 9.09. The van der Waals surface area contributed by atoms with E-state index in [1.165, 1.54) is 0 Å². The third-order valence-electron chi connectivity index (χ3n) is 5.98. The zero-order valence-corrected chi connectivity index (χ0v) is 18.1. The fourth-order valence-corrected chi connectivity index (χ4v) is 5.23. The lowest BCUT2D eigenvalue weighted by Crippen LogP contribution is -2.41. The fourth-order valence-electron chi connectivity index (χ4n) is 4.13. The first-order valence-electron chi connectivity index (χ1n) is 10.5. The first kappa shape index (κ1) is 20.0. The van der Waals surface area contributed by atoms with Crippen LogP contribution in [0.1, 0.15) is 30.9 Å². The molecule has 10 heteroatoms. The van der Waals surface area contributed by atoms with Gasteiger partial charge in [-0.15, -0.1) is 5.10 Å². The minimum absolute atomic E-state index is 0.0360. The standard InChI is InChI=1S/C21H24N6O3S/c1-14-11-23-21-27(20(14)29)16(13-31-21)10-19(28)25-7-4-15(5-8-25)12-30-18-3-2-17-22-6-9-26(17)24-18/h2-3,6,9,11,15-16H,4-5,7-8,10,12-13H2,1H3. The molecule has 1 saturated heterocycles. The van der Waals surface area contributed by atoms with Gasteiger partial charge in [0.25, 0.3) is 5.56 Å². The van der Waals surface area contributed by atoms with Crippen LogP contribution in [0.3, 0.4) is 0 Å². The van der Waals surface area contributed by atoms with Crippen LogP contribution < -0.4 is 10.3 Å². The molecular formula is C21H24N6O3S. The number of piperidine rings is 1. The van der Waals surface area contributed by atoms with Gasteiger partial charge in [0.2, 0.25) is 11.8 Å². The first-order valence-corrected chi connectivity index (χ1v) is 11.5. The van der Waals surface area contributed by atoms with E-state index in [9.17, 15) is 9.59 Å². The minimum Gasteiger partial charge on any atom is -0.476 e. The molecule has 5 rings (SSSR count). The summed E-state index contributed by atoms with van der Waals surface area (Å²) < 4.78 is 9.27. The number of aryl methyl sites for hydroxylation is 1. The molecule has 0 N–H and O–H groups in total. The topological polar surface area (TPSA) is 94.6 Å². The highest BCUT2D eigenvalue weighted by molar-refractivity contribution is 7.99. The Labute approximate surface area is 183 Å². The van der Waals surface area contributed by atoms with E-state index in [2.05, 4.69) is 15.1 Å². The average Bonchev–Trinajstić information content (AvgIpc) is 3.42. The number of thioether (sulfide) groups is 1. The van der Waals surface area contributed by atoms with Crippen LogP contribution in [0.4, 0.5) is 0 Å². The van der Waals surface area contributed by atoms with Crippen molar-refractivity contribution in [1.82, 2.24) is 29.0 Å². The quantitative estimate of drug-likeness (QED) is 0.560. The summed E-state index contributed by atoms with van der Waals surface area (Å²) in [6.45, 7) is 3.78. The lowest BCUT2D eigenvalue weighted by Gasteiger charge is -2.32. The number of fused-ring (bicyclic) bond motifs is 2. The number of imidazole rings is 1. The van der Waals surface area contributed by atoms with E-state index in [4.69, 9.17) is 4.74 Å². The minimum atomic E-state index is -0.113. The summed E-state index contributed by atoms with van der Waals surface area (Å²) in [5.41, 5.74) is 1.37. The van der Waals surface area contributed by atoms with Crippen LogP contribution in [0.15, 0.2) is 40.7 Å². The molecule has 0 aromatic carbocycles. The number of nitrogens with zero attached hydrogens (tertiary/aromatic N) is 6. The van der Waals surface area contributed by atoms with Crippen LogP contribution in [-0.4, -0.2) is 60.4 Å². The van der Waals surface area contributed by atoms with Crippen molar-refractivity contribution in [2.75, 3.05) is 25.4 Å². The van der Waals surface area contributed by atoms with Crippen molar-refractivity contribution in [2.24, 2.45) is 5.92 Å². The maximum Gasteiger partial charge on any atom is 0.257 e. The highest BCUT2D eigenvalue weighted by Crippen LogP contribution is 2.32. The Kier molecular flexibility index (Phi) is 5.39. The number of ether oxygens (including phenoxy) is 1. The second-order valence-electron chi connectivity index (χ2n) is 8.10. The molecule has 1 amide bonds. The predicted octanol–water partition coefficient (Wildman–Crippen LogP) is 1.95. The van der Waals surface area contributed by atoms with Gasteiger partial charge in [0.15, 0.2) is 10.8 Å². The third kappa shape index (κ3) is 4.04. The van der Waals surface area contributed by atoms with E-state index in [0.717, 1.165) is 24.2 Å². The Morgan fingerprint density at radius 3 is 2.94 bits per heavy atom.